The molecule has 0 saturated carbocycles. The van der Waals surface area contributed by atoms with Crippen LogP contribution in [0.3, 0.4) is 0 Å². The van der Waals surface area contributed by atoms with Gasteiger partial charge in [-0.15, -0.1) is 0 Å². The number of hydrogen-bond acceptors (Lipinski definition) is 6. The zero-order chi connectivity index (χ0) is 26.2. The number of H-pyrrole nitrogens is 1. The Labute approximate surface area is 211 Å². The van der Waals surface area contributed by atoms with E-state index in [1.165, 1.54) is 26.2 Å². The molecule has 1 saturated heterocycles. The van der Waals surface area contributed by atoms with Crippen molar-refractivity contribution in [3.05, 3.63) is 63.9 Å². The fourth-order valence-corrected chi connectivity index (χ4v) is 5.69. The Bertz CT molecular complexity index is 1460. The summed E-state index contributed by atoms with van der Waals surface area (Å²) in [5.74, 6) is 0.0741. The summed E-state index contributed by atoms with van der Waals surface area (Å²) < 4.78 is 26.8. The molecule has 36 heavy (non-hydrogen) atoms. The predicted molar refractivity (Wildman–Crippen MR) is 143 cm³/mol. The van der Waals surface area contributed by atoms with Crippen LogP contribution >= 0.6 is 0 Å². The van der Waals surface area contributed by atoms with E-state index in [2.05, 4.69) is 20.1 Å². The summed E-state index contributed by atoms with van der Waals surface area (Å²) in [5.41, 5.74) is 2.88. The van der Waals surface area contributed by atoms with E-state index in [0.717, 1.165) is 41.3 Å². The molecular weight excluding hydrogens is 478 g/mol. The number of aromatic nitrogens is 1. The van der Waals surface area contributed by atoms with Crippen molar-refractivity contribution < 1.29 is 13.2 Å². The summed E-state index contributed by atoms with van der Waals surface area (Å²) in [4.78, 5) is 32.5. The highest BCUT2D eigenvalue weighted by Crippen LogP contribution is 2.31. The summed E-state index contributed by atoms with van der Waals surface area (Å²) in [6.07, 6.45) is 0.999. The SMILES string of the molecule is Cc1cc(=O)[nH]c2ccc(NC(=O)c3cc(S(=O)(=O)N(C)C)ccc3N3CCC(CN(C)C)C3)cc12. The van der Waals surface area contributed by atoms with Crippen LogP contribution in [-0.2, 0) is 10.0 Å². The standard InChI is InChI=1S/C26H33N5O4S/c1-17-12-25(32)28-23-8-6-19(13-21(17)23)27-26(33)22-14-20(36(34,35)30(4)5)7-9-24(22)31-11-10-18(16-31)15-29(2)3/h6-9,12-14,18H,10-11,15-16H2,1-5H3,(H,27,33)(H,28,32). The number of pyridine rings is 1. The molecule has 1 aliphatic heterocycles. The minimum atomic E-state index is -3.72. The maximum atomic E-state index is 13.6. The number of nitrogens with zero attached hydrogens (tertiary/aromatic N) is 3. The lowest BCUT2D eigenvalue weighted by Gasteiger charge is -2.24. The highest BCUT2D eigenvalue weighted by atomic mass is 32.2. The van der Waals surface area contributed by atoms with Crippen molar-refractivity contribution >= 4 is 38.2 Å². The number of nitrogens with one attached hydrogen (secondary N) is 2. The summed E-state index contributed by atoms with van der Waals surface area (Å²) in [6.45, 7) is 4.37. The van der Waals surface area contributed by atoms with Crippen LogP contribution in [0.1, 0.15) is 22.3 Å². The Morgan fingerprint density at radius 2 is 1.86 bits per heavy atom. The second-order valence-electron chi connectivity index (χ2n) is 9.86. The summed E-state index contributed by atoms with van der Waals surface area (Å²) in [6, 6.07) is 11.6. The van der Waals surface area contributed by atoms with Crippen molar-refractivity contribution in [1.29, 1.82) is 0 Å². The first-order chi connectivity index (χ1) is 17.0. The van der Waals surface area contributed by atoms with E-state index in [1.807, 2.05) is 27.1 Å². The first-order valence-electron chi connectivity index (χ1n) is 11.9. The van der Waals surface area contributed by atoms with Crippen molar-refractivity contribution in [2.75, 3.05) is 58.0 Å². The fourth-order valence-electron chi connectivity index (χ4n) is 4.76. The number of sulfonamides is 1. The van der Waals surface area contributed by atoms with Gasteiger partial charge in [0.15, 0.2) is 0 Å². The first-order valence-corrected chi connectivity index (χ1v) is 13.3. The smallest absolute Gasteiger partial charge is 0.257 e. The Morgan fingerprint density at radius 3 is 2.56 bits per heavy atom. The van der Waals surface area contributed by atoms with Crippen LogP contribution in [0.15, 0.2) is 52.2 Å². The summed E-state index contributed by atoms with van der Waals surface area (Å²) >= 11 is 0. The molecule has 2 heterocycles. The average Bonchev–Trinajstić information content (AvgIpc) is 3.26. The number of aromatic amines is 1. The second kappa shape index (κ2) is 10.0. The van der Waals surface area contributed by atoms with Crippen molar-refractivity contribution in [1.82, 2.24) is 14.2 Å². The minimum Gasteiger partial charge on any atom is -0.371 e. The number of benzene rings is 2. The monoisotopic (exact) mass is 511 g/mol. The van der Waals surface area contributed by atoms with Crippen molar-refractivity contribution in [3.63, 3.8) is 0 Å². The van der Waals surface area contributed by atoms with Gasteiger partial charge in [0.2, 0.25) is 15.6 Å². The number of anilines is 2. The van der Waals surface area contributed by atoms with Gasteiger partial charge in [-0.05, 0) is 75.3 Å². The third-order valence-electron chi connectivity index (χ3n) is 6.55. The lowest BCUT2D eigenvalue weighted by molar-refractivity contribution is 0.102. The number of fused-ring (bicyclic) bond motifs is 1. The van der Waals surface area contributed by atoms with Gasteiger partial charge in [-0.2, -0.15) is 0 Å². The summed E-state index contributed by atoms with van der Waals surface area (Å²) in [7, 11) is 3.31. The topological polar surface area (TPSA) is 106 Å². The van der Waals surface area contributed by atoms with Crippen LogP contribution in [-0.4, -0.2) is 76.3 Å². The molecule has 1 atom stereocenters. The Morgan fingerprint density at radius 1 is 1.11 bits per heavy atom. The molecule has 2 aromatic carbocycles. The van der Waals surface area contributed by atoms with Gasteiger partial charge >= 0.3 is 0 Å². The second-order valence-corrected chi connectivity index (χ2v) is 12.0. The van der Waals surface area contributed by atoms with E-state index < -0.39 is 15.9 Å². The van der Waals surface area contributed by atoms with E-state index >= 15 is 0 Å². The quantitative estimate of drug-likeness (QED) is 0.505. The van der Waals surface area contributed by atoms with Gasteiger partial charge in [-0.3, -0.25) is 9.59 Å². The van der Waals surface area contributed by atoms with Gasteiger partial charge in [0, 0.05) is 62.1 Å². The predicted octanol–water partition coefficient (Wildman–Crippen LogP) is 2.73. The highest BCUT2D eigenvalue weighted by molar-refractivity contribution is 7.89. The largest absolute Gasteiger partial charge is 0.371 e. The molecule has 192 valence electrons. The molecule has 0 aliphatic carbocycles. The van der Waals surface area contributed by atoms with Gasteiger partial charge in [0.05, 0.1) is 10.5 Å². The Hall–Kier alpha value is -3.21. The summed E-state index contributed by atoms with van der Waals surface area (Å²) in [5, 5.41) is 3.75. The number of amides is 1. The zero-order valence-corrected chi connectivity index (χ0v) is 22.1. The van der Waals surface area contributed by atoms with Gasteiger partial charge in [0.1, 0.15) is 0 Å². The molecule has 9 nitrogen and oxygen atoms in total. The van der Waals surface area contributed by atoms with Crippen LogP contribution < -0.4 is 15.8 Å². The van der Waals surface area contributed by atoms with Crippen molar-refractivity contribution in [2.45, 2.75) is 18.2 Å². The van der Waals surface area contributed by atoms with Gasteiger partial charge < -0.3 is 20.1 Å². The van der Waals surface area contributed by atoms with Crippen LogP contribution in [0.25, 0.3) is 10.9 Å². The van der Waals surface area contributed by atoms with E-state index in [9.17, 15) is 18.0 Å². The molecule has 4 rings (SSSR count). The van der Waals surface area contributed by atoms with E-state index in [1.54, 1.807) is 24.3 Å². The molecule has 1 aromatic heterocycles. The van der Waals surface area contributed by atoms with Crippen LogP contribution in [0.5, 0.6) is 0 Å². The Kier molecular flexibility index (Phi) is 7.21. The number of hydrogen-bond donors (Lipinski definition) is 2. The van der Waals surface area contributed by atoms with Crippen molar-refractivity contribution in [3.8, 4) is 0 Å². The maximum absolute atomic E-state index is 13.6. The molecule has 3 aromatic rings. The highest BCUT2D eigenvalue weighted by Gasteiger charge is 2.28. The number of rotatable bonds is 7. The molecule has 10 heteroatoms. The molecular formula is C26H33N5O4S. The third-order valence-corrected chi connectivity index (χ3v) is 8.36. The van der Waals surface area contributed by atoms with Crippen molar-refractivity contribution in [2.24, 2.45) is 5.92 Å². The number of aryl methyl sites for hydroxylation is 1. The molecule has 1 fully saturated rings. The van der Waals surface area contributed by atoms with E-state index in [0.29, 0.717) is 28.4 Å². The molecule has 0 spiro atoms. The fraction of sp³-hybridized carbons (Fsp3) is 0.385. The maximum Gasteiger partial charge on any atom is 0.257 e. The number of carbonyl (C=O) groups is 1. The lowest BCUT2D eigenvalue weighted by Crippen LogP contribution is -2.28. The minimum absolute atomic E-state index is 0.0670. The zero-order valence-electron chi connectivity index (χ0n) is 21.3. The molecule has 1 aliphatic rings. The molecule has 2 N–H and O–H groups in total. The van der Waals surface area contributed by atoms with Gasteiger partial charge in [-0.25, -0.2) is 12.7 Å². The average molecular weight is 512 g/mol. The molecule has 0 bridgehead atoms. The van der Waals surface area contributed by atoms with Crippen LogP contribution in [0.2, 0.25) is 0 Å². The Balaban J connectivity index is 1.71. The van der Waals surface area contributed by atoms with Crippen LogP contribution in [0, 0.1) is 12.8 Å². The molecule has 0 radical (unpaired) electrons. The van der Waals surface area contributed by atoms with E-state index in [4.69, 9.17) is 0 Å². The van der Waals surface area contributed by atoms with Crippen LogP contribution in [0.4, 0.5) is 11.4 Å². The molecule has 1 unspecified atom stereocenters. The first kappa shape index (κ1) is 25.9. The number of carbonyl (C=O) groups excluding carboxylic acids is 1. The van der Waals surface area contributed by atoms with E-state index in [-0.39, 0.29) is 10.5 Å². The van der Waals surface area contributed by atoms with Gasteiger partial charge in [-0.1, -0.05) is 0 Å². The van der Waals surface area contributed by atoms with Gasteiger partial charge in [0.25, 0.3) is 5.91 Å². The lowest BCUT2D eigenvalue weighted by atomic mass is 10.1. The normalized spacial score (nSPS) is 16.3. The third kappa shape index (κ3) is 5.30. The molecule has 1 amide bonds.